The zero-order valence-electron chi connectivity index (χ0n) is 17.9. The maximum absolute atomic E-state index is 13.5. The molecule has 0 N–H and O–H groups in total. The molecule has 5 nitrogen and oxygen atoms in total. The number of hydrogen-bond acceptors (Lipinski definition) is 3. The second-order valence-corrected chi connectivity index (χ2v) is 8.34. The molecule has 158 valence electrons. The molecule has 0 bridgehead atoms. The Morgan fingerprint density at radius 3 is 2.47 bits per heavy atom. The van der Waals surface area contributed by atoms with E-state index in [9.17, 15) is 9.59 Å². The lowest BCUT2D eigenvalue weighted by atomic mass is 10.1. The number of halogens is 1. The van der Waals surface area contributed by atoms with Crippen LogP contribution in [0.5, 0.6) is 0 Å². The topological polar surface area (TPSA) is 55.2 Å². The van der Waals surface area contributed by atoms with Crippen molar-refractivity contribution in [3.63, 3.8) is 0 Å². The van der Waals surface area contributed by atoms with Gasteiger partial charge >= 0.3 is 0 Å². The Morgan fingerprint density at radius 1 is 1.13 bits per heavy atom. The summed E-state index contributed by atoms with van der Waals surface area (Å²) in [5.41, 5.74) is 0.998. The molecule has 0 radical (unpaired) electrons. The summed E-state index contributed by atoms with van der Waals surface area (Å²) in [6.45, 7) is 6.82. The van der Waals surface area contributed by atoms with Gasteiger partial charge in [0.1, 0.15) is 5.82 Å². The number of aromatic nitrogens is 2. The number of carbonyl (C=O) groups is 1. The van der Waals surface area contributed by atoms with Gasteiger partial charge in [-0.3, -0.25) is 14.2 Å². The van der Waals surface area contributed by atoms with Crippen LogP contribution in [0.25, 0.3) is 10.9 Å². The molecule has 0 aliphatic carbocycles. The van der Waals surface area contributed by atoms with E-state index in [0.717, 1.165) is 6.42 Å². The highest BCUT2D eigenvalue weighted by atomic mass is 35.5. The molecule has 30 heavy (non-hydrogen) atoms. The van der Waals surface area contributed by atoms with E-state index >= 15 is 0 Å². The Kier molecular flexibility index (Phi) is 6.93. The Hall–Kier alpha value is -2.66. The fraction of sp³-hybridized carbons (Fsp3) is 0.375. The summed E-state index contributed by atoms with van der Waals surface area (Å²) in [4.78, 5) is 33.1. The molecular weight excluding hydrogens is 398 g/mol. The third-order valence-corrected chi connectivity index (χ3v) is 5.72. The highest BCUT2D eigenvalue weighted by Gasteiger charge is 2.29. The van der Waals surface area contributed by atoms with E-state index < -0.39 is 0 Å². The average Bonchev–Trinajstić information content (AvgIpc) is 2.74. The van der Waals surface area contributed by atoms with Gasteiger partial charge in [0, 0.05) is 13.6 Å². The largest absolute Gasteiger partial charge is 0.328 e. The van der Waals surface area contributed by atoms with Crippen LogP contribution in [0.2, 0.25) is 5.02 Å². The van der Waals surface area contributed by atoms with E-state index in [1.165, 1.54) is 0 Å². The molecule has 1 atom stereocenters. The SMILES string of the molecule is CCC(c1nc2ccccc2c(=O)n1C)N(CCC(C)C)C(=O)c1ccccc1Cl. The minimum absolute atomic E-state index is 0.108. The van der Waals surface area contributed by atoms with Gasteiger partial charge in [0.25, 0.3) is 11.5 Å². The Bertz CT molecular complexity index is 1110. The second kappa shape index (κ2) is 9.43. The standard InChI is InChI=1S/C24H28ClN3O2/c1-5-21(22-26-20-13-9-7-11-18(20)23(29)27(22)4)28(15-14-16(2)3)24(30)17-10-6-8-12-19(17)25/h6-13,16,21H,5,14-15H2,1-4H3. The van der Waals surface area contributed by atoms with Crippen LogP contribution >= 0.6 is 11.6 Å². The van der Waals surface area contributed by atoms with Gasteiger partial charge in [-0.2, -0.15) is 0 Å². The number of para-hydroxylation sites is 1. The first-order valence-electron chi connectivity index (χ1n) is 10.4. The summed E-state index contributed by atoms with van der Waals surface area (Å²) < 4.78 is 1.57. The van der Waals surface area contributed by atoms with Gasteiger partial charge in [0.2, 0.25) is 0 Å². The predicted octanol–water partition coefficient (Wildman–Crippen LogP) is 5.23. The first-order valence-corrected chi connectivity index (χ1v) is 10.7. The third-order valence-electron chi connectivity index (χ3n) is 5.39. The molecule has 3 aromatic rings. The number of carbonyl (C=O) groups excluding carboxylic acids is 1. The van der Waals surface area contributed by atoms with Crippen LogP contribution in [0.3, 0.4) is 0 Å². The van der Waals surface area contributed by atoms with Gasteiger partial charge in [0.05, 0.1) is 27.5 Å². The molecule has 0 aliphatic rings. The van der Waals surface area contributed by atoms with E-state index in [0.29, 0.717) is 46.2 Å². The van der Waals surface area contributed by atoms with Crippen LogP contribution in [0.4, 0.5) is 0 Å². The van der Waals surface area contributed by atoms with Crippen LogP contribution in [0, 0.1) is 5.92 Å². The first-order chi connectivity index (χ1) is 14.3. The number of rotatable bonds is 7. The van der Waals surface area contributed by atoms with Gasteiger partial charge in [0.15, 0.2) is 0 Å². The number of amides is 1. The maximum atomic E-state index is 13.5. The lowest BCUT2D eigenvalue weighted by Crippen LogP contribution is -2.39. The van der Waals surface area contributed by atoms with Crippen molar-refractivity contribution >= 4 is 28.4 Å². The van der Waals surface area contributed by atoms with Crippen molar-refractivity contribution in [3.05, 3.63) is 75.3 Å². The van der Waals surface area contributed by atoms with E-state index in [2.05, 4.69) is 13.8 Å². The van der Waals surface area contributed by atoms with Crippen molar-refractivity contribution in [1.82, 2.24) is 14.5 Å². The van der Waals surface area contributed by atoms with E-state index in [1.807, 2.05) is 42.2 Å². The average molecular weight is 426 g/mol. The molecular formula is C24H28ClN3O2. The Labute approximate surface area is 182 Å². The van der Waals surface area contributed by atoms with Crippen molar-refractivity contribution in [1.29, 1.82) is 0 Å². The van der Waals surface area contributed by atoms with E-state index in [4.69, 9.17) is 16.6 Å². The molecule has 6 heteroatoms. The summed E-state index contributed by atoms with van der Waals surface area (Å²) in [6.07, 6.45) is 1.47. The highest BCUT2D eigenvalue weighted by molar-refractivity contribution is 6.33. The molecule has 3 rings (SSSR count). The number of benzene rings is 2. The zero-order chi connectivity index (χ0) is 21.8. The molecule has 1 heterocycles. The summed E-state index contributed by atoms with van der Waals surface area (Å²) in [5, 5.41) is 0.997. The summed E-state index contributed by atoms with van der Waals surface area (Å²) in [5.74, 6) is 0.873. The normalized spacial score (nSPS) is 12.3. The molecule has 0 fully saturated rings. The van der Waals surface area contributed by atoms with E-state index in [1.54, 1.807) is 29.8 Å². The van der Waals surface area contributed by atoms with Crippen molar-refractivity contribution < 1.29 is 4.79 Å². The molecule has 0 saturated heterocycles. The Morgan fingerprint density at radius 2 is 1.80 bits per heavy atom. The van der Waals surface area contributed by atoms with Crippen molar-refractivity contribution in [2.24, 2.45) is 13.0 Å². The fourth-order valence-electron chi connectivity index (χ4n) is 3.66. The number of nitrogens with zero attached hydrogens (tertiary/aromatic N) is 3. The van der Waals surface area contributed by atoms with Gasteiger partial charge in [-0.1, -0.05) is 56.6 Å². The monoisotopic (exact) mass is 425 g/mol. The summed E-state index contributed by atoms with van der Waals surface area (Å²) in [6, 6.07) is 14.1. The van der Waals surface area contributed by atoms with Crippen LogP contribution in [-0.4, -0.2) is 26.9 Å². The molecule has 1 amide bonds. The number of hydrogen-bond donors (Lipinski definition) is 0. The second-order valence-electron chi connectivity index (χ2n) is 7.94. The molecule has 0 spiro atoms. The highest BCUT2D eigenvalue weighted by Crippen LogP contribution is 2.28. The van der Waals surface area contributed by atoms with E-state index in [-0.39, 0.29) is 17.5 Å². The molecule has 2 aromatic carbocycles. The molecule has 0 saturated carbocycles. The minimum atomic E-state index is -0.338. The van der Waals surface area contributed by atoms with Crippen molar-refractivity contribution in [3.8, 4) is 0 Å². The molecule has 0 aliphatic heterocycles. The van der Waals surface area contributed by atoms with Crippen LogP contribution < -0.4 is 5.56 Å². The van der Waals surface area contributed by atoms with Gasteiger partial charge in [-0.15, -0.1) is 0 Å². The summed E-state index contributed by atoms with van der Waals surface area (Å²) >= 11 is 6.34. The summed E-state index contributed by atoms with van der Waals surface area (Å²) in [7, 11) is 1.72. The van der Waals surface area contributed by atoms with Gasteiger partial charge < -0.3 is 4.90 Å². The maximum Gasteiger partial charge on any atom is 0.261 e. The fourth-order valence-corrected chi connectivity index (χ4v) is 3.88. The van der Waals surface area contributed by atoms with Crippen LogP contribution in [0.15, 0.2) is 53.3 Å². The third kappa shape index (κ3) is 4.41. The van der Waals surface area contributed by atoms with Crippen LogP contribution in [0.1, 0.15) is 55.8 Å². The van der Waals surface area contributed by atoms with Crippen LogP contribution in [-0.2, 0) is 7.05 Å². The molecule has 1 aromatic heterocycles. The minimum Gasteiger partial charge on any atom is -0.328 e. The Balaban J connectivity index is 2.12. The quantitative estimate of drug-likeness (QED) is 0.521. The predicted molar refractivity (Wildman–Crippen MR) is 122 cm³/mol. The van der Waals surface area contributed by atoms with Gasteiger partial charge in [-0.05, 0) is 43.0 Å². The van der Waals surface area contributed by atoms with Crippen molar-refractivity contribution in [2.45, 2.75) is 39.7 Å². The molecule has 1 unspecified atom stereocenters. The lowest BCUT2D eigenvalue weighted by Gasteiger charge is -2.32. The number of fused-ring (bicyclic) bond motifs is 1. The lowest BCUT2D eigenvalue weighted by molar-refractivity contribution is 0.0647. The van der Waals surface area contributed by atoms with Crippen molar-refractivity contribution in [2.75, 3.05) is 6.54 Å². The van der Waals surface area contributed by atoms with Gasteiger partial charge in [-0.25, -0.2) is 4.98 Å². The smallest absolute Gasteiger partial charge is 0.261 e. The zero-order valence-corrected chi connectivity index (χ0v) is 18.7. The first kappa shape index (κ1) is 22.0.